The van der Waals surface area contributed by atoms with Crippen LogP contribution in [0, 0.1) is 11.6 Å². The Morgan fingerprint density at radius 3 is 2.75 bits per heavy atom. The Bertz CT molecular complexity index is 370. The van der Waals surface area contributed by atoms with Gasteiger partial charge in [-0.3, -0.25) is 0 Å². The van der Waals surface area contributed by atoms with E-state index in [0.717, 1.165) is 31.7 Å². The molecule has 2 atom stereocenters. The minimum absolute atomic E-state index is 0.0521. The highest BCUT2D eigenvalue weighted by Crippen LogP contribution is 2.25. The van der Waals surface area contributed by atoms with Gasteiger partial charge in [-0.2, -0.15) is 0 Å². The second-order valence-electron chi connectivity index (χ2n) is 4.24. The summed E-state index contributed by atoms with van der Waals surface area (Å²) in [5, 5.41) is 0. The van der Waals surface area contributed by atoms with E-state index in [1.54, 1.807) is 0 Å². The molecule has 2 unspecified atom stereocenters. The van der Waals surface area contributed by atoms with Crippen molar-refractivity contribution in [2.75, 3.05) is 0 Å². The number of nitrogens with two attached hydrogens (primary N) is 1. The fourth-order valence-corrected chi connectivity index (χ4v) is 2.04. The molecule has 1 aromatic rings. The summed E-state index contributed by atoms with van der Waals surface area (Å²) in [7, 11) is 0. The van der Waals surface area contributed by atoms with Crippen LogP contribution < -0.4 is 10.5 Å². The summed E-state index contributed by atoms with van der Waals surface area (Å²) in [4.78, 5) is 0. The summed E-state index contributed by atoms with van der Waals surface area (Å²) in [5.74, 6) is -1.13. The molecule has 0 aromatic heterocycles. The molecule has 0 spiro atoms. The van der Waals surface area contributed by atoms with Gasteiger partial charge in [-0.05, 0) is 37.8 Å². The van der Waals surface area contributed by atoms with Crippen LogP contribution in [0.1, 0.15) is 25.7 Å². The first-order chi connectivity index (χ1) is 7.65. The zero-order chi connectivity index (χ0) is 11.5. The van der Waals surface area contributed by atoms with Gasteiger partial charge in [0.05, 0.1) is 0 Å². The van der Waals surface area contributed by atoms with E-state index < -0.39 is 11.6 Å². The Labute approximate surface area is 93.4 Å². The number of rotatable bonds is 2. The SMILES string of the molecule is NC1CCCC(Oc2ccc(F)cc2F)C1. The van der Waals surface area contributed by atoms with Crippen molar-refractivity contribution in [1.29, 1.82) is 0 Å². The van der Waals surface area contributed by atoms with Crippen LogP contribution in [0.25, 0.3) is 0 Å². The fraction of sp³-hybridized carbons (Fsp3) is 0.500. The van der Waals surface area contributed by atoms with Crippen LogP contribution in [-0.4, -0.2) is 12.1 Å². The number of hydrogen-bond donors (Lipinski definition) is 1. The van der Waals surface area contributed by atoms with Crippen LogP contribution in [0.3, 0.4) is 0 Å². The van der Waals surface area contributed by atoms with Crippen LogP contribution in [0.15, 0.2) is 18.2 Å². The van der Waals surface area contributed by atoms with E-state index in [-0.39, 0.29) is 17.9 Å². The maximum Gasteiger partial charge on any atom is 0.167 e. The summed E-state index contributed by atoms with van der Waals surface area (Å²) in [6.45, 7) is 0. The zero-order valence-electron chi connectivity index (χ0n) is 8.96. The topological polar surface area (TPSA) is 35.2 Å². The smallest absolute Gasteiger partial charge is 0.167 e. The summed E-state index contributed by atoms with van der Waals surface area (Å²) in [6.07, 6.45) is 3.55. The molecule has 2 nitrogen and oxygen atoms in total. The van der Waals surface area contributed by atoms with Gasteiger partial charge in [-0.15, -0.1) is 0 Å². The van der Waals surface area contributed by atoms with E-state index in [9.17, 15) is 8.78 Å². The maximum absolute atomic E-state index is 13.3. The normalized spacial score (nSPS) is 25.4. The van der Waals surface area contributed by atoms with Gasteiger partial charge < -0.3 is 10.5 Å². The summed E-state index contributed by atoms with van der Waals surface area (Å²) in [6, 6.07) is 3.48. The Balaban J connectivity index is 2.02. The molecule has 4 heteroatoms. The van der Waals surface area contributed by atoms with Gasteiger partial charge in [0.25, 0.3) is 0 Å². The molecule has 16 heavy (non-hydrogen) atoms. The third-order valence-corrected chi connectivity index (χ3v) is 2.85. The molecule has 0 radical (unpaired) electrons. The average Bonchev–Trinajstić information content (AvgIpc) is 2.22. The van der Waals surface area contributed by atoms with Gasteiger partial charge >= 0.3 is 0 Å². The highest BCUT2D eigenvalue weighted by atomic mass is 19.1. The van der Waals surface area contributed by atoms with Crippen molar-refractivity contribution in [3.8, 4) is 5.75 Å². The van der Waals surface area contributed by atoms with Crippen LogP contribution in [0.4, 0.5) is 8.78 Å². The lowest BCUT2D eigenvalue weighted by Gasteiger charge is -2.27. The molecule has 2 rings (SSSR count). The zero-order valence-corrected chi connectivity index (χ0v) is 8.96. The standard InChI is InChI=1S/C12H15F2NO/c13-8-4-5-12(11(14)6-8)16-10-3-1-2-9(15)7-10/h4-6,9-10H,1-3,7,15H2. The predicted octanol–water partition coefficient (Wildman–Crippen LogP) is 2.61. The van der Waals surface area contributed by atoms with Gasteiger partial charge in [0, 0.05) is 12.1 Å². The molecule has 1 saturated carbocycles. The van der Waals surface area contributed by atoms with Crippen molar-refractivity contribution < 1.29 is 13.5 Å². The highest BCUT2D eigenvalue weighted by Gasteiger charge is 2.21. The summed E-state index contributed by atoms with van der Waals surface area (Å²) >= 11 is 0. The number of hydrogen-bond acceptors (Lipinski definition) is 2. The molecule has 2 N–H and O–H groups in total. The maximum atomic E-state index is 13.3. The first kappa shape index (κ1) is 11.3. The molecule has 0 aliphatic heterocycles. The first-order valence-electron chi connectivity index (χ1n) is 5.52. The van der Waals surface area contributed by atoms with Gasteiger partial charge in [-0.25, -0.2) is 8.78 Å². The molecule has 0 saturated heterocycles. The molecular weight excluding hydrogens is 212 g/mol. The van der Waals surface area contributed by atoms with Crippen LogP contribution in [0.2, 0.25) is 0 Å². The van der Waals surface area contributed by atoms with Gasteiger partial charge in [0.1, 0.15) is 11.9 Å². The van der Waals surface area contributed by atoms with E-state index in [0.29, 0.717) is 0 Å². The second kappa shape index (κ2) is 4.78. The molecule has 1 aliphatic rings. The van der Waals surface area contributed by atoms with Crippen molar-refractivity contribution >= 4 is 0 Å². The van der Waals surface area contributed by atoms with Gasteiger partial charge in [0.2, 0.25) is 0 Å². The first-order valence-corrected chi connectivity index (χ1v) is 5.52. The Kier molecular flexibility index (Phi) is 3.39. The van der Waals surface area contributed by atoms with Crippen LogP contribution in [-0.2, 0) is 0 Å². The molecule has 1 aromatic carbocycles. The number of benzene rings is 1. The predicted molar refractivity (Wildman–Crippen MR) is 57.2 cm³/mol. The Hall–Kier alpha value is -1.16. The van der Waals surface area contributed by atoms with Crippen molar-refractivity contribution in [2.45, 2.75) is 37.8 Å². The van der Waals surface area contributed by atoms with Crippen molar-refractivity contribution in [3.05, 3.63) is 29.8 Å². The lowest BCUT2D eigenvalue weighted by Crippen LogP contribution is -2.33. The average molecular weight is 227 g/mol. The molecule has 0 heterocycles. The highest BCUT2D eigenvalue weighted by molar-refractivity contribution is 5.25. The van der Waals surface area contributed by atoms with E-state index in [1.807, 2.05) is 0 Å². The van der Waals surface area contributed by atoms with Crippen LogP contribution in [0.5, 0.6) is 5.75 Å². The Morgan fingerprint density at radius 2 is 2.06 bits per heavy atom. The molecule has 0 amide bonds. The van der Waals surface area contributed by atoms with Crippen molar-refractivity contribution in [1.82, 2.24) is 0 Å². The number of halogens is 2. The minimum atomic E-state index is -0.654. The van der Waals surface area contributed by atoms with Crippen LogP contribution >= 0.6 is 0 Å². The number of ether oxygens (including phenoxy) is 1. The lowest BCUT2D eigenvalue weighted by atomic mass is 9.93. The Morgan fingerprint density at radius 1 is 1.25 bits per heavy atom. The van der Waals surface area contributed by atoms with E-state index in [4.69, 9.17) is 10.5 Å². The third-order valence-electron chi connectivity index (χ3n) is 2.85. The fourth-order valence-electron chi connectivity index (χ4n) is 2.04. The lowest BCUT2D eigenvalue weighted by molar-refractivity contribution is 0.138. The molecule has 1 fully saturated rings. The van der Waals surface area contributed by atoms with Crippen molar-refractivity contribution in [3.63, 3.8) is 0 Å². The summed E-state index contributed by atoms with van der Waals surface area (Å²) in [5.41, 5.74) is 5.81. The molecule has 0 bridgehead atoms. The third kappa shape index (κ3) is 2.70. The monoisotopic (exact) mass is 227 g/mol. The van der Waals surface area contributed by atoms with E-state index >= 15 is 0 Å². The van der Waals surface area contributed by atoms with Crippen molar-refractivity contribution in [2.24, 2.45) is 5.73 Å². The van der Waals surface area contributed by atoms with Gasteiger partial charge in [0.15, 0.2) is 11.6 Å². The largest absolute Gasteiger partial charge is 0.487 e. The quantitative estimate of drug-likeness (QED) is 0.842. The minimum Gasteiger partial charge on any atom is -0.487 e. The molecule has 1 aliphatic carbocycles. The van der Waals surface area contributed by atoms with Gasteiger partial charge in [-0.1, -0.05) is 0 Å². The van der Waals surface area contributed by atoms with E-state index in [2.05, 4.69) is 0 Å². The molecular formula is C12H15F2NO. The summed E-state index contributed by atoms with van der Waals surface area (Å²) < 4.78 is 31.5. The van der Waals surface area contributed by atoms with E-state index in [1.165, 1.54) is 12.1 Å². The molecule has 88 valence electrons. The second-order valence-corrected chi connectivity index (χ2v) is 4.24.